The minimum Gasteiger partial charge on any atom is -0.507 e. The van der Waals surface area contributed by atoms with Gasteiger partial charge in [0.1, 0.15) is 5.75 Å². The van der Waals surface area contributed by atoms with Gasteiger partial charge in [-0.15, -0.1) is 0 Å². The van der Waals surface area contributed by atoms with Crippen LogP contribution in [0.3, 0.4) is 0 Å². The van der Waals surface area contributed by atoms with E-state index in [0.29, 0.717) is 0 Å². The molecule has 0 amide bonds. The van der Waals surface area contributed by atoms with E-state index in [1.165, 1.54) is 43.5 Å². The summed E-state index contributed by atoms with van der Waals surface area (Å²) in [4.78, 5) is 37.2. The van der Waals surface area contributed by atoms with E-state index in [2.05, 4.69) is 4.74 Å². The topological polar surface area (TPSA) is 130 Å². The fourth-order valence-corrected chi connectivity index (χ4v) is 2.74. The third-order valence-corrected chi connectivity index (χ3v) is 4.43. The SMILES string of the molecule is COC(=O)C(C(=O)C=Cc1cccc(CO)c1O)C(=O)C=Cc1cccc(OC)c1O. The summed E-state index contributed by atoms with van der Waals surface area (Å²) in [5, 5.41) is 29.3. The smallest absolute Gasteiger partial charge is 0.324 e. The summed E-state index contributed by atoms with van der Waals surface area (Å²) in [5.41, 5.74) is 0.745. The van der Waals surface area contributed by atoms with Gasteiger partial charge in [-0.2, -0.15) is 0 Å². The number of para-hydroxylation sites is 2. The van der Waals surface area contributed by atoms with Crippen LogP contribution in [0.4, 0.5) is 0 Å². The highest BCUT2D eigenvalue weighted by Crippen LogP contribution is 2.30. The number of carbonyl (C=O) groups excluding carboxylic acids is 3. The van der Waals surface area contributed by atoms with Crippen molar-refractivity contribution in [2.24, 2.45) is 5.92 Å². The first-order valence-electron chi connectivity index (χ1n) is 9.13. The highest BCUT2D eigenvalue weighted by molar-refractivity contribution is 6.24. The average Bonchev–Trinajstić information content (AvgIpc) is 2.77. The number of esters is 1. The van der Waals surface area contributed by atoms with Crippen LogP contribution in [0.15, 0.2) is 48.6 Å². The Kier molecular flexibility index (Phi) is 8.10. The monoisotopic (exact) mass is 426 g/mol. The first-order chi connectivity index (χ1) is 14.8. The Morgan fingerprint density at radius 1 is 0.903 bits per heavy atom. The standard InChI is InChI=1S/C23H22O8/c1-30-19-8-4-6-15(22(19)28)10-12-18(26)20(23(29)31-2)17(25)11-9-14-5-3-7-16(13-24)21(14)27/h3-12,20,24,27-28H,13H2,1-2H3. The van der Waals surface area contributed by atoms with Gasteiger partial charge >= 0.3 is 5.97 Å². The highest BCUT2D eigenvalue weighted by Gasteiger charge is 2.31. The Labute approximate surface area is 178 Å². The van der Waals surface area contributed by atoms with E-state index in [1.54, 1.807) is 12.1 Å². The zero-order valence-electron chi connectivity index (χ0n) is 16.9. The predicted octanol–water partition coefficient (Wildman–Crippen LogP) is 2.25. The van der Waals surface area contributed by atoms with Crippen LogP contribution in [0.25, 0.3) is 12.2 Å². The van der Waals surface area contributed by atoms with E-state index in [0.717, 1.165) is 19.3 Å². The molecule has 0 aromatic heterocycles. The first-order valence-corrected chi connectivity index (χ1v) is 9.13. The van der Waals surface area contributed by atoms with Gasteiger partial charge in [0.2, 0.25) is 0 Å². The summed E-state index contributed by atoms with van der Waals surface area (Å²) in [6.07, 6.45) is 4.46. The molecular formula is C23H22O8. The maximum atomic E-state index is 12.6. The summed E-state index contributed by atoms with van der Waals surface area (Å²) in [6.45, 7) is -0.396. The van der Waals surface area contributed by atoms with Crippen molar-refractivity contribution in [3.05, 3.63) is 65.2 Å². The summed E-state index contributed by atoms with van der Waals surface area (Å²) in [5.74, 6) is -4.73. The molecule has 0 fully saturated rings. The molecule has 1 atom stereocenters. The van der Waals surface area contributed by atoms with Gasteiger partial charge in [0, 0.05) is 16.7 Å². The fraction of sp³-hybridized carbons (Fsp3) is 0.174. The number of carbonyl (C=O) groups is 3. The van der Waals surface area contributed by atoms with Crippen LogP contribution < -0.4 is 4.74 Å². The van der Waals surface area contributed by atoms with Crippen LogP contribution in [-0.4, -0.2) is 47.1 Å². The van der Waals surface area contributed by atoms with E-state index >= 15 is 0 Å². The van der Waals surface area contributed by atoms with Gasteiger partial charge in [0.25, 0.3) is 0 Å². The van der Waals surface area contributed by atoms with Crippen molar-refractivity contribution in [1.29, 1.82) is 0 Å². The molecule has 162 valence electrons. The number of aromatic hydroxyl groups is 2. The molecule has 2 aromatic rings. The summed E-state index contributed by atoms with van der Waals surface area (Å²) in [7, 11) is 2.42. The Balaban J connectivity index is 2.28. The lowest BCUT2D eigenvalue weighted by molar-refractivity contribution is -0.150. The quantitative estimate of drug-likeness (QED) is 0.316. The van der Waals surface area contributed by atoms with Crippen molar-refractivity contribution >= 4 is 29.7 Å². The van der Waals surface area contributed by atoms with Crippen LogP contribution >= 0.6 is 0 Å². The summed E-state index contributed by atoms with van der Waals surface area (Å²) in [6, 6.07) is 9.23. The van der Waals surface area contributed by atoms with Crippen LogP contribution in [0, 0.1) is 5.92 Å². The predicted molar refractivity (Wildman–Crippen MR) is 112 cm³/mol. The molecule has 0 radical (unpaired) electrons. The molecule has 1 unspecified atom stereocenters. The Hall–Kier alpha value is -3.91. The lowest BCUT2D eigenvalue weighted by atomic mass is 9.96. The Morgan fingerprint density at radius 3 is 1.97 bits per heavy atom. The molecule has 0 bridgehead atoms. The Morgan fingerprint density at radius 2 is 1.45 bits per heavy atom. The number of benzene rings is 2. The number of hydrogen-bond acceptors (Lipinski definition) is 8. The summed E-state index contributed by atoms with van der Waals surface area (Å²) < 4.78 is 9.57. The van der Waals surface area contributed by atoms with E-state index in [-0.39, 0.29) is 33.9 Å². The third-order valence-electron chi connectivity index (χ3n) is 4.43. The van der Waals surface area contributed by atoms with Gasteiger partial charge in [-0.3, -0.25) is 14.4 Å². The second-order valence-corrected chi connectivity index (χ2v) is 6.34. The van der Waals surface area contributed by atoms with Crippen LogP contribution in [0.2, 0.25) is 0 Å². The van der Waals surface area contributed by atoms with Crippen LogP contribution in [-0.2, 0) is 25.7 Å². The molecule has 0 aliphatic carbocycles. The van der Waals surface area contributed by atoms with Crippen molar-refractivity contribution in [2.75, 3.05) is 14.2 Å². The fourth-order valence-electron chi connectivity index (χ4n) is 2.74. The number of ether oxygens (including phenoxy) is 2. The van der Waals surface area contributed by atoms with Gasteiger partial charge in [-0.1, -0.05) is 30.3 Å². The number of hydrogen-bond donors (Lipinski definition) is 3. The molecule has 0 aliphatic heterocycles. The molecular weight excluding hydrogens is 404 g/mol. The van der Waals surface area contributed by atoms with Gasteiger partial charge in [0.15, 0.2) is 29.0 Å². The average molecular weight is 426 g/mol. The van der Waals surface area contributed by atoms with Crippen molar-refractivity contribution in [3.8, 4) is 17.2 Å². The lowest BCUT2D eigenvalue weighted by Gasteiger charge is -2.09. The third kappa shape index (κ3) is 5.58. The van der Waals surface area contributed by atoms with Crippen molar-refractivity contribution in [3.63, 3.8) is 0 Å². The van der Waals surface area contributed by atoms with Gasteiger partial charge in [0.05, 0.1) is 20.8 Å². The molecule has 0 heterocycles. The van der Waals surface area contributed by atoms with Crippen molar-refractivity contribution < 1.29 is 39.2 Å². The number of phenolic OH excluding ortho intramolecular Hbond substituents is 1. The number of methoxy groups -OCH3 is 2. The number of phenols is 2. The molecule has 2 rings (SSSR count). The molecule has 0 saturated heterocycles. The Bertz CT molecular complexity index is 960. The molecule has 2 aromatic carbocycles. The van der Waals surface area contributed by atoms with E-state index in [9.17, 15) is 29.7 Å². The minimum atomic E-state index is -1.76. The molecule has 31 heavy (non-hydrogen) atoms. The van der Waals surface area contributed by atoms with Crippen molar-refractivity contribution in [1.82, 2.24) is 0 Å². The first kappa shape index (κ1) is 23.4. The van der Waals surface area contributed by atoms with Gasteiger partial charge < -0.3 is 24.8 Å². The maximum Gasteiger partial charge on any atom is 0.324 e. The minimum absolute atomic E-state index is 0.197. The van der Waals surface area contributed by atoms with Crippen molar-refractivity contribution in [2.45, 2.75) is 6.61 Å². The zero-order valence-corrected chi connectivity index (χ0v) is 16.9. The molecule has 0 aliphatic rings. The number of allylic oxidation sites excluding steroid dienone is 2. The molecule has 8 nitrogen and oxygen atoms in total. The number of rotatable bonds is 9. The normalized spacial score (nSPS) is 12.1. The van der Waals surface area contributed by atoms with E-state index < -0.39 is 30.1 Å². The lowest BCUT2D eigenvalue weighted by Crippen LogP contribution is -2.30. The molecule has 3 N–H and O–H groups in total. The van der Waals surface area contributed by atoms with Gasteiger partial charge in [-0.05, 0) is 30.4 Å². The second-order valence-electron chi connectivity index (χ2n) is 6.34. The summed E-state index contributed by atoms with van der Waals surface area (Å²) >= 11 is 0. The van der Waals surface area contributed by atoms with E-state index in [4.69, 9.17) is 4.74 Å². The van der Waals surface area contributed by atoms with Gasteiger partial charge in [-0.25, -0.2) is 0 Å². The maximum absolute atomic E-state index is 12.6. The second kappa shape index (κ2) is 10.7. The van der Waals surface area contributed by atoms with E-state index in [1.807, 2.05) is 0 Å². The molecule has 0 spiro atoms. The zero-order chi connectivity index (χ0) is 23.0. The molecule has 0 saturated carbocycles. The van der Waals surface area contributed by atoms with Crippen LogP contribution in [0.1, 0.15) is 16.7 Å². The number of ketones is 2. The number of aliphatic hydroxyl groups is 1. The molecule has 8 heteroatoms. The highest BCUT2D eigenvalue weighted by atomic mass is 16.5. The van der Waals surface area contributed by atoms with Crippen LogP contribution in [0.5, 0.6) is 17.2 Å². The largest absolute Gasteiger partial charge is 0.507 e. The number of aliphatic hydroxyl groups excluding tert-OH is 1.